The quantitative estimate of drug-likeness (QED) is 0.887. The Kier molecular flexibility index (Phi) is 3.97. The van der Waals surface area contributed by atoms with Gasteiger partial charge in [0.15, 0.2) is 0 Å². The Labute approximate surface area is 151 Å². The number of carbonyl (C=O) groups excluding carboxylic acids is 1. The summed E-state index contributed by atoms with van der Waals surface area (Å²) in [4.78, 5) is 14.5. The van der Waals surface area contributed by atoms with Crippen molar-refractivity contribution in [2.24, 2.45) is 0 Å². The number of nitrogens with zero attached hydrogens (tertiary/aromatic N) is 1. The van der Waals surface area contributed by atoms with Gasteiger partial charge in [-0.2, -0.15) is 0 Å². The first-order valence-electron chi connectivity index (χ1n) is 8.51. The van der Waals surface area contributed by atoms with E-state index in [-0.39, 0.29) is 23.5 Å². The van der Waals surface area contributed by atoms with Gasteiger partial charge >= 0.3 is 0 Å². The Balaban J connectivity index is 1.53. The van der Waals surface area contributed by atoms with Crippen molar-refractivity contribution in [3.8, 4) is 5.75 Å². The fourth-order valence-corrected chi connectivity index (χ4v) is 4.03. The summed E-state index contributed by atoms with van der Waals surface area (Å²) in [5.74, 6) is 0.00785. The van der Waals surface area contributed by atoms with Gasteiger partial charge in [0.05, 0.1) is 0 Å². The fraction of sp³-hybridized carbons (Fsp3) is 0.350. The third-order valence-electron chi connectivity index (χ3n) is 5.34. The first-order valence-corrected chi connectivity index (χ1v) is 8.89. The molecule has 1 fully saturated rings. The lowest BCUT2D eigenvalue weighted by atomic mass is 9.86. The van der Waals surface area contributed by atoms with E-state index >= 15 is 0 Å². The van der Waals surface area contributed by atoms with E-state index < -0.39 is 6.10 Å². The maximum Gasteiger partial charge on any atom is 0.252 e. The zero-order valence-electron chi connectivity index (χ0n) is 13.8. The van der Waals surface area contributed by atoms with Crippen LogP contribution in [-0.2, 0) is 23.2 Å². The van der Waals surface area contributed by atoms with Crippen molar-refractivity contribution in [1.29, 1.82) is 0 Å². The average Bonchev–Trinajstić information content (AvgIpc) is 3.37. The van der Waals surface area contributed by atoms with Crippen molar-refractivity contribution in [3.63, 3.8) is 0 Å². The van der Waals surface area contributed by atoms with Crippen LogP contribution in [0.5, 0.6) is 5.75 Å². The molecule has 0 aromatic heterocycles. The Hall–Kier alpha value is -2.04. The summed E-state index contributed by atoms with van der Waals surface area (Å²) in [5.41, 5.74) is 2.93. The number of benzene rings is 2. The number of hydrogen-bond donors (Lipinski definition) is 2. The van der Waals surface area contributed by atoms with E-state index in [1.54, 1.807) is 17.0 Å². The van der Waals surface area contributed by atoms with Gasteiger partial charge in [0.2, 0.25) is 0 Å². The minimum absolute atomic E-state index is 0.0495. The van der Waals surface area contributed by atoms with Gasteiger partial charge in [0.1, 0.15) is 11.9 Å². The van der Waals surface area contributed by atoms with Crippen molar-refractivity contribution < 1.29 is 15.0 Å². The molecule has 0 bridgehead atoms. The lowest BCUT2D eigenvalue weighted by Crippen LogP contribution is -2.46. The van der Waals surface area contributed by atoms with Crippen LogP contribution in [-0.4, -0.2) is 33.7 Å². The number of fused-ring (bicyclic) bond motifs is 2. The number of amides is 1. The van der Waals surface area contributed by atoms with Crippen molar-refractivity contribution in [3.05, 3.63) is 64.2 Å². The van der Waals surface area contributed by atoms with Crippen molar-refractivity contribution >= 4 is 17.5 Å². The zero-order chi connectivity index (χ0) is 17.6. The molecule has 1 unspecified atom stereocenters. The molecule has 1 atom stereocenters. The van der Waals surface area contributed by atoms with Gasteiger partial charge in [0, 0.05) is 29.9 Å². The molecule has 0 radical (unpaired) electrons. The molecule has 0 saturated heterocycles. The van der Waals surface area contributed by atoms with Crippen LogP contribution in [0.25, 0.3) is 0 Å². The minimum Gasteiger partial charge on any atom is -0.508 e. The number of phenolic OH excluding ortho intramolecular Hbond substituents is 1. The van der Waals surface area contributed by atoms with E-state index in [2.05, 4.69) is 0 Å². The van der Waals surface area contributed by atoms with E-state index in [9.17, 15) is 15.0 Å². The molecule has 2 N–H and O–H groups in total. The number of aromatic hydroxyl groups is 1. The molecule has 1 spiro atoms. The third kappa shape index (κ3) is 3.00. The topological polar surface area (TPSA) is 60.8 Å². The standard InChI is InChI=1S/C20H20ClNO3/c21-17-4-2-1-3-13(17)9-18(24)19(25)22-11-14-5-6-15(23)10-16(14)20(12-22)7-8-20/h1-6,10,18,23-24H,7-9,11-12H2. The van der Waals surface area contributed by atoms with Gasteiger partial charge in [-0.1, -0.05) is 35.9 Å². The number of carbonyl (C=O) groups is 1. The predicted molar refractivity (Wildman–Crippen MR) is 95.6 cm³/mol. The van der Waals surface area contributed by atoms with E-state index in [0.717, 1.165) is 29.5 Å². The monoisotopic (exact) mass is 357 g/mol. The second kappa shape index (κ2) is 6.04. The highest BCUT2D eigenvalue weighted by atomic mass is 35.5. The van der Waals surface area contributed by atoms with Crippen LogP contribution in [0.1, 0.15) is 29.5 Å². The van der Waals surface area contributed by atoms with Gasteiger partial charge in [-0.05, 0) is 47.7 Å². The summed E-state index contributed by atoms with van der Waals surface area (Å²) >= 11 is 6.14. The maximum absolute atomic E-state index is 12.8. The number of rotatable bonds is 3. The van der Waals surface area contributed by atoms with E-state index in [4.69, 9.17) is 11.6 Å². The third-order valence-corrected chi connectivity index (χ3v) is 5.71. The van der Waals surface area contributed by atoms with Gasteiger partial charge < -0.3 is 15.1 Å². The zero-order valence-corrected chi connectivity index (χ0v) is 14.5. The molecule has 25 heavy (non-hydrogen) atoms. The molecule has 4 rings (SSSR count). The molecule has 1 amide bonds. The lowest BCUT2D eigenvalue weighted by molar-refractivity contribution is -0.141. The summed E-state index contributed by atoms with van der Waals surface area (Å²) in [5, 5.41) is 20.8. The molecule has 2 aliphatic rings. The number of phenols is 1. The largest absolute Gasteiger partial charge is 0.508 e. The van der Waals surface area contributed by atoms with E-state index in [1.165, 1.54) is 0 Å². The minimum atomic E-state index is -1.10. The van der Waals surface area contributed by atoms with Crippen LogP contribution in [0.2, 0.25) is 5.02 Å². The number of hydrogen-bond acceptors (Lipinski definition) is 3. The molecule has 1 heterocycles. The van der Waals surface area contributed by atoms with E-state index in [0.29, 0.717) is 18.1 Å². The van der Waals surface area contributed by atoms with Crippen LogP contribution in [0.4, 0.5) is 0 Å². The van der Waals surface area contributed by atoms with Crippen LogP contribution < -0.4 is 0 Å². The molecule has 1 aliphatic heterocycles. The molecule has 2 aromatic rings. The van der Waals surface area contributed by atoms with Gasteiger partial charge in [0.25, 0.3) is 5.91 Å². The van der Waals surface area contributed by atoms with Gasteiger partial charge in [-0.3, -0.25) is 4.79 Å². The number of halogens is 1. The van der Waals surface area contributed by atoms with Gasteiger partial charge in [-0.25, -0.2) is 0 Å². The van der Waals surface area contributed by atoms with E-state index in [1.807, 2.05) is 30.3 Å². The highest BCUT2D eigenvalue weighted by Gasteiger charge is 2.50. The smallest absolute Gasteiger partial charge is 0.252 e. The molecule has 1 saturated carbocycles. The first-order chi connectivity index (χ1) is 12.0. The average molecular weight is 358 g/mol. The second-order valence-electron chi connectivity index (χ2n) is 7.13. The summed E-state index contributed by atoms with van der Waals surface area (Å²) < 4.78 is 0. The molecule has 4 nitrogen and oxygen atoms in total. The molecule has 5 heteroatoms. The first kappa shape index (κ1) is 16.4. The maximum atomic E-state index is 12.8. The van der Waals surface area contributed by atoms with Crippen LogP contribution >= 0.6 is 11.6 Å². The van der Waals surface area contributed by atoms with Crippen LogP contribution in [0, 0.1) is 0 Å². The van der Waals surface area contributed by atoms with Crippen LogP contribution in [0.15, 0.2) is 42.5 Å². The lowest BCUT2D eigenvalue weighted by Gasteiger charge is -2.36. The number of aliphatic hydroxyl groups excluding tert-OH is 1. The highest BCUT2D eigenvalue weighted by Crippen LogP contribution is 2.53. The Bertz CT molecular complexity index is 831. The molecule has 2 aromatic carbocycles. The Morgan fingerprint density at radius 1 is 1.24 bits per heavy atom. The summed E-state index contributed by atoms with van der Waals surface area (Å²) in [6.45, 7) is 1.07. The Morgan fingerprint density at radius 3 is 2.72 bits per heavy atom. The second-order valence-corrected chi connectivity index (χ2v) is 7.53. The molecular weight excluding hydrogens is 338 g/mol. The highest BCUT2D eigenvalue weighted by molar-refractivity contribution is 6.31. The van der Waals surface area contributed by atoms with Crippen molar-refractivity contribution in [2.75, 3.05) is 6.54 Å². The predicted octanol–water partition coefficient (Wildman–Crippen LogP) is 3.02. The molecule has 1 aliphatic carbocycles. The van der Waals surface area contributed by atoms with Crippen molar-refractivity contribution in [2.45, 2.75) is 37.3 Å². The normalized spacial score (nSPS) is 18.7. The van der Waals surface area contributed by atoms with Gasteiger partial charge in [-0.15, -0.1) is 0 Å². The SMILES string of the molecule is O=C(C(O)Cc1ccccc1Cl)N1Cc2ccc(O)cc2C2(CC2)C1. The molecular formula is C20H20ClNO3. The number of aliphatic hydroxyl groups is 1. The molecule has 130 valence electrons. The Morgan fingerprint density at radius 2 is 2.00 bits per heavy atom. The van der Waals surface area contributed by atoms with Crippen molar-refractivity contribution in [1.82, 2.24) is 4.90 Å². The van der Waals surface area contributed by atoms with Crippen LogP contribution in [0.3, 0.4) is 0 Å². The summed E-state index contributed by atoms with van der Waals surface area (Å²) in [7, 11) is 0. The fourth-order valence-electron chi connectivity index (χ4n) is 3.81. The summed E-state index contributed by atoms with van der Waals surface area (Å²) in [6, 6.07) is 12.6. The summed E-state index contributed by atoms with van der Waals surface area (Å²) in [6.07, 6.45) is 1.13.